The Hall–Kier alpha value is -2.28. The van der Waals surface area contributed by atoms with E-state index in [1.54, 1.807) is 10.8 Å². The molecule has 1 aromatic carbocycles. The Labute approximate surface area is 92.7 Å². The number of nitriles is 1. The van der Waals surface area contributed by atoms with E-state index in [4.69, 9.17) is 10.00 Å². The zero-order valence-electron chi connectivity index (χ0n) is 8.80. The van der Waals surface area contributed by atoms with Crippen molar-refractivity contribution in [2.75, 3.05) is 0 Å². The standard InChI is InChI=1S/C12H10N2O2/c1-9(15)16-8-14-7-10(6-13)11-4-2-3-5-12(11)14/h2-5,7H,8H2,1H3. The molecule has 0 unspecified atom stereocenters. The minimum absolute atomic E-state index is 0.136. The van der Waals surface area contributed by atoms with Crippen molar-refractivity contribution < 1.29 is 9.53 Å². The third kappa shape index (κ3) is 1.75. The van der Waals surface area contributed by atoms with E-state index in [0.717, 1.165) is 10.9 Å². The Morgan fingerprint density at radius 1 is 1.50 bits per heavy atom. The van der Waals surface area contributed by atoms with E-state index in [2.05, 4.69) is 6.07 Å². The van der Waals surface area contributed by atoms with Gasteiger partial charge in [0.05, 0.1) is 11.1 Å². The number of para-hydroxylation sites is 1. The van der Waals surface area contributed by atoms with Crippen LogP contribution in [0.5, 0.6) is 0 Å². The minimum Gasteiger partial charge on any atom is -0.444 e. The summed E-state index contributed by atoms with van der Waals surface area (Å²) in [5, 5.41) is 9.83. The van der Waals surface area contributed by atoms with E-state index in [1.807, 2.05) is 24.3 Å². The van der Waals surface area contributed by atoms with Crippen molar-refractivity contribution in [3.8, 4) is 6.07 Å². The molecule has 0 amide bonds. The van der Waals surface area contributed by atoms with Crippen molar-refractivity contribution >= 4 is 16.9 Å². The maximum atomic E-state index is 10.7. The molecule has 0 saturated carbocycles. The lowest BCUT2D eigenvalue weighted by Gasteiger charge is -2.04. The number of fused-ring (bicyclic) bond motifs is 1. The summed E-state index contributed by atoms with van der Waals surface area (Å²) in [6.07, 6.45) is 1.69. The van der Waals surface area contributed by atoms with Crippen molar-refractivity contribution in [1.82, 2.24) is 4.57 Å². The highest BCUT2D eigenvalue weighted by Gasteiger charge is 2.07. The molecule has 80 valence electrons. The van der Waals surface area contributed by atoms with E-state index in [-0.39, 0.29) is 12.7 Å². The molecule has 1 heterocycles. The second-order valence-corrected chi connectivity index (χ2v) is 3.41. The number of nitrogens with zero attached hydrogens (tertiary/aromatic N) is 2. The van der Waals surface area contributed by atoms with E-state index in [0.29, 0.717) is 5.56 Å². The number of carbonyl (C=O) groups excluding carboxylic acids is 1. The van der Waals surface area contributed by atoms with Gasteiger partial charge in [0.2, 0.25) is 0 Å². The van der Waals surface area contributed by atoms with Crippen LogP contribution in [0.4, 0.5) is 0 Å². The average molecular weight is 214 g/mol. The van der Waals surface area contributed by atoms with Gasteiger partial charge in [0.25, 0.3) is 0 Å². The predicted octanol–water partition coefficient (Wildman–Crippen LogP) is 2.03. The van der Waals surface area contributed by atoms with Gasteiger partial charge in [0.1, 0.15) is 6.07 Å². The lowest BCUT2D eigenvalue weighted by molar-refractivity contribution is -0.144. The van der Waals surface area contributed by atoms with Crippen molar-refractivity contribution in [1.29, 1.82) is 5.26 Å². The fraction of sp³-hybridized carbons (Fsp3) is 0.167. The van der Waals surface area contributed by atoms with E-state index in [9.17, 15) is 4.79 Å². The predicted molar refractivity (Wildman–Crippen MR) is 58.4 cm³/mol. The van der Waals surface area contributed by atoms with Gasteiger partial charge < -0.3 is 9.30 Å². The topological polar surface area (TPSA) is 55.0 Å². The number of rotatable bonds is 2. The van der Waals surface area contributed by atoms with Gasteiger partial charge in [-0.2, -0.15) is 5.26 Å². The molecule has 2 aromatic rings. The van der Waals surface area contributed by atoms with Crippen LogP contribution in [0, 0.1) is 11.3 Å². The molecule has 0 N–H and O–H groups in total. The van der Waals surface area contributed by atoms with Crippen LogP contribution >= 0.6 is 0 Å². The first-order valence-electron chi connectivity index (χ1n) is 4.83. The summed E-state index contributed by atoms with van der Waals surface area (Å²) in [4.78, 5) is 10.7. The van der Waals surface area contributed by atoms with E-state index < -0.39 is 0 Å². The number of aromatic nitrogens is 1. The second kappa shape index (κ2) is 4.07. The Bertz CT molecular complexity index is 578. The van der Waals surface area contributed by atoms with Gasteiger partial charge in [-0.25, -0.2) is 0 Å². The fourth-order valence-electron chi connectivity index (χ4n) is 1.60. The maximum absolute atomic E-state index is 10.7. The molecular weight excluding hydrogens is 204 g/mol. The fourth-order valence-corrected chi connectivity index (χ4v) is 1.60. The Morgan fingerprint density at radius 3 is 2.94 bits per heavy atom. The first kappa shape index (κ1) is 10.2. The summed E-state index contributed by atoms with van der Waals surface area (Å²) >= 11 is 0. The van der Waals surface area contributed by atoms with Crippen LogP contribution in [0.2, 0.25) is 0 Å². The summed E-state index contributed by atoms with van der Waals surface area (Å²) in [5.74, 6) is -0.337. The van der Waals surface area contributed by atoms with E-state index in [1.165, 1.54) is 6.92 Å². The molecule has 0 aliphatic carbocycles. The van der Waals surface area contributed by atoms with Crippen LogP contribution in [-0.4, -0.2) is 10.5 Å². The summed E-state index contributed by atoms with van der Waals surface area (Å²) in [5.41, 5.74) is 1.48. The van der Waals surface area contributed by atoms with Crippen LogP contribution in [0.15, 0.2) is 30.5 Å². The molecular formula is C12H10N2O2. The Balaban J connectivity index is 2.46. The van der Waals surface area contributed by atoms with Crippen LogP contribution in [0.3, 0.4) is 0 Å². The third-order valence-corrected chi connectivity index (χ3v) is 2.32. The van der Waals surface area contributed by atoms with E-state index >= 15 is 0 Å². The highest BCUT2D eigenvalue weighted by Crippen LogP contribution is 2.20. The summed E-state index contributed by atoms with van der Waals surface area (Å²) in [7, 11) is 0. The zero-order valence-corrected chi connectivity index (χ0v) is 8.80. The highest BCUT2D eigenvalue weighted by atomic mass is 16.5. The average Bonchev–Trinajstić information content (AvgIpc) is 2.65. The maximum Gasteiger partial charge on any atom is 0.304 e. The number of carbonyl (C=O) groups is 1. The molecule has 0 aliphatic heterocycles. The smallest absolute Gasteiger partial charge is 0.304 e. The first-order chi connectivity index (χ1) is 7.72. The van der Waals surface area contributed by atoms with Crippen LogP contribution in [0.1, 0.15) is 12.5 Å². The summed E-state index contributed by atoms with van der Waals surface area (Å²) in [6.45, 7) is 1.49. The van der Waals surface area contributed by atoms with Gasteiger partial charge in [-0.05, 0) is 6.07 Å². The SMILES string of the molecule is CC(=O)OCn1cc(C#N)c2ccccc21. The Morgan fingerprint density at radius 2 is 2.25 bits per heavy atom. The van der Waals surface area contributed by atoms with Crippen LogP contribution in [0.25, 0.3) is 10.9 Å². The molecule has 0 aliphatic rings. The molecule has 0 spiro atoms. The lowest BCUT2D eigenvalue weighted by Crippen LogP contribution is -2.04. The van der Waals surface area contributed by atoms with Gasteiger partial charge in [0.15, 0.2) is 6.73 Å². The molecule has 0 bridgehead atoms. The number of hydrogen-bond acceptors (Lipinski definition) is 3. The molecule has 1 aromatic heterocycles. The van der Waals surface area contributed by atoms with Crippen molar-refractivity contribution in [2.24, 2.45) is 0 Å². The van der Waals surface area contributed by atoms with Crippen molar-refractivity contribution in [2.45, 2.75) is 13.7 Å². The van der Waals surface area contributed by atoms with Gasteiger partial charge >= 0.3 is 5.97 Å². The van der Waals surface area contributed by atoms with Gasteiger partial charge in [-0.15, -0.1) is 0 Å². The quantitative estimate of drug-likeness (QED) is 0.719. The van der Waals surface area contributed by atoms with Crippen LogP contribution < -0.4 is 0 Å². The van der Waals surface area contributed by atoms with Crippen molar-refractivity contribution in [3.63, 3.8) is 0 Å². The number of esters is 1. The molecule has 0 saturated heterocycles. The lowest BCUT2D eigenvalue weighted by atomic mass is 10.2. The highest BCUT2D eigenvalue weighted by molar-refractivity contribution is 5.86. The zero-order chi connectivity index (χ0) is 11.5. The monoisotopic (exact) mass is 214 g/mol. The third-order valence-electron chi connectivity index (χ3n) is 2.32. The van der Waals surface area contributed by atoms with Gasteiger partial charge in [-0.3, -0.25) is 4.79 Å². The molecule has 16 heavy (non-hydrogen) atoms. The van der Waals surface area contributed by atoms with Gasteiger partial charge in [-0.1, -0.05) is 18.2 Å². The largest absolute Gasteiger partial charge is 0.444 e. The van der Waals surface area contributed by atoms with Gasteiger partial charge in [0, 0.05) is 18.5 Å². The number of benzene rings is 1. The Kier molecular flexibility index (Phi) is 2.61. The molecule has 4 nitrogen and oxygen atoms in total. The normalized spacial score (nSPS) is 10.0. The molecule has 4 heteroatoms. The van der Waals surface area contributed by atoms with Crippen molar-refractivity contribution in [3.05, 3.63) is 36.0 Å². The molecule has 2 rings (SSSR count). The minimum atomic E-state index is -0.337. The summed E-state index contributed by atoms with van der Waals surface area (Å²) in [6, 6.07) is 9.64. The number of hydrogen-bond donors (Lipinski definition) is 0. The second-order valence-electron chi connectivity index (χ2n) is 3.41. The van der Waals surface area contributed by atoms with Crippen LogP contribution in [-0.2, 0) is 16.3 Å². The molecule has 0 radical (unpaired) electrons. The molecule has 0 fully saturated rings. The molecule has 0 atom stereocenters. The number of ether oxygens (including phenoxy) is 1. The summed E-state index contributed by atoms with van der Waals surface area (Å²) < 4.78 is 6.65. The first-order valence-corrected chi connectivity index (χ1v) is 4.83.